The predicted molar refractivity (Wildman–Crippen MR) is 59.8 cm³/mol. The lowest BCUT2D eigenvalue weighted by atomic mass is 10.3. The highest BCUT2D eigenvalue weighted by Gasteiger charge is 1.98. The molecular weight excluding hydrogens is 204 g/mol. The average molecular weight is 220 g/mol. The van der Waals surface area contributed by atoms with Crippen LogP contribution in [0.15, 0.2) is 29.3 Å². The fraction of sp³-hybridized carbons (Fsp3) is 0.455. The third-order valence-electron chi connectivity index (χ3n) is 2.31. The highest BCUT2D eigenvalue weighted by molar-refractivity contribution is 5.02. The van der Waals surface area contributed by atoms with E-state index in [2.05, 4.69) is 20.0 Å². The Bertz CT molecular complexity index is 407. The first-order valence-corrected chi connectivity index (χ1v) is 5.43. The number of hydrogen-bond acceptors (Lipinski definition) is 4. The van der Waals surface area contributed by atoms with Gasteiger partial charge in [0.05, 0.1) is 12.0 Å². The van der Waals surface area contributed by atoms with Crippen molar-refractivity contribution in [2.24, 2.45) is 0 Å². The van der Waals surface area contributed by atoms with Gasteiger partial charge < -0.3 is 14.4 Å². The van der Waals surface area contributed by atoms with E-state index in [1.54, 1.807) is 6.20 Å². The van der Waals surface area contributed by atoms with E-state index in [1.807, 2.05) is 25.5 Å². The summed E-state index contributed by atoms with van der Waals surface area (Å²) < 4.78 is 7.05. The third kappa shape index (κ3) is 3.20. The topological polar surface area (TPSA) is 55.9 Å². The lowest BCUT2D eigenvalue weighted by Gasteiger charge is -2.03. The van der Waals surface area contributed by atoms with Crippen LogP contribution >= 0.6 is 0 Å². The van der Waals surface area contributed by atoms with E-state index in [0.717, 1.165) is 37.5 Å². The van der Waals surface area contributed by atoms with Gasteiger partial charge >= 0.3 is 0 Å². The summed E-state index contributed by atoms with van der Waals surface area (Å²) >= 11 is 0. The highest BCUT2D eigenvalue weighted by Crippen LogP contribution is 2.00. The van der Waals surface area contributed by atoms with Crippen LogP contribution in [-0.4, -0.2) is 21.3 Å². The van der Waals surface area contributed by atoms with Crippen LogP contribution in [0.1, 0.15) is 17.9 Å². The molecule has 2 aromatic rings. The van der Waals surface area contributed by atoms with Gasteiger partial charge in [-0.05, 0) is 19.9 Å². The number of rotatable bonds is 6. The van der Waals surface area contributed by atoms with Crippen molar-refractivity contribution in [1.29, 1.82) is 0 Å². The Morgan fingerprint density at radius 2 is 2.44 bits per heavy atom. The minimum Gasteiger partial charge on any atom is -0.361 e. The van der Waals surface area contributed by atoms with Crippen molar-refractivity contribution in [2.75, 3.05) is 6.54 Å². The van der Waals surface area contributed by atoms with Crippen LogP contribution in [-0.2, 0) is 13.1 Å². The maximum absolute atomic E-state index is 4.98. The Hall–Kier alpha value is -1.62. The second-order valence-electron chi connectivity index (χ2n) is 3.76. The molecule has 1 N–H and O–H groups in total. The Labute approximate surface area is 94.5 Å². The largest absolute Gasteiger partial charge is 0.361 e. The van der Waals surface area contributed by atoms with Crippen LogP contribution in [0.3, 0.4) is 0 Å². The first kappa shape index (κ1) is 10.9. The Morgan fingerprint density at radius 3 is 3.12 bits per heavy atom. The second kappa shape index (κ2) is 5.46. The number of imidazole rings is 1. The summed E-state index contributed by atoms with van der Waals surface area (Å²) in [4.78, 5) is 3.99. The van der Waals surface area contributed by atoms with Gasteiger partial charge in [-0.25, -0.2) is 4.98 Å². The van der Waals surface area contributed by atoms with Crippen LogP contribution in [0, 0.1) is 6.92 Å². The van der Waals surface area contributed by atoms with Gasteiger partial charge in [0.2, 0.25) is 0 Å². The smallest absolute Gasteiger partial charge is 0.133 e. The van der Waals surface area contributed by atoms with Gasteiger partial charge in [0.25, 0.3) is 0 Å². The third-order valence-corrected chi connectivity index (χ3v) is 2.31. The lowest BCUT2D eigenvalue weighted by molar-refractivity contribution is 0.388. The maximum atomic E-state index is 4.98. The van der Waals surface area contributed by atoms with Crippen molar-refractivity contribution in [1.82, 2.24) is 20.0 Å². The van der Waals surface area contributed by atoms with Gasteiger partial charge in [0, 0.05) is 31.5 Å². The molecular formula is C11H16N4O. The van der Waals surface area contributed by atoms with Crippen LogP contribution in [0.4, 0.5) is 0 Å². The molecule has 0 amide bonds. The van der Waals surface area contributed by atoms with Crippen molar-refractivity contribution >= 4 is 0 Å². The minimum absolute atomic E-state index is 0.765. The maximum Gasteiger partial charge on any atom is 0.133 e. The molecule has 0 bridgehead atoms. The first-order valence-electron chi connectivity index (χ1n) is 5.43. The molecule has 0 aliphatic carbocycles. The minimum atomic E-state index is 0.765. The Balaban J connectivity index is 1.59. The summed E-state index contributed by atoms with van der Waals surface area (Å²) in [7, 11) is 0. The molecule has 0 aromatic carbocycles. The molecule has 0 aliphatic heterocycles. The summed E-state index contributed by atoms with van der Waals surface area (Å²) in [6.07, 6.45) is 6.68. The van der Waals surface area contributed by atoms with Crippen LogP contribution in [0.25, 0.3) is 0 Å². The molecule has 2 heterocycles. The molecule has 0 fully saturated rings. The zero-order valence-corrected chi connectivity index (χ0v) is 9.39. The highest BCUT2D eigenvalue weighted by atomic mass is 16.5. The van der Waals surface area contributed by atoms with E-state index >= 15 is 0 Å². The zero-order chi connectivity index (χ0) is 11.2. The normalized spacial score (nSPS) is 10.8. The van der Waals surface area contributed by atoms with Gasteiger partial charge in [-0.15, -0.1) is 0 Å². The van der Waals surface area contributed by atoms with E-state index in [4.69, 9.17) is 4.52 Å². The Kier molecular flexibility index (Phi) is 3.71. The molecule has 16 heavy (non-hydrogen) atoms. The number of hydrogen-bond donors (Lipinski definition) is 1. The van der Waals surface area contributed by atoms with Crippen molar-refractivity contribution in [3.63, 3.8) is 0 Å². The van der Waals surface area contributed by atoms with Gasteiger partial charge in [0.1, 0.15) is 5.76 Å². The van der Waals surface area contributed by atoms with E-state index < -0.39 is 0 Å². The summed E-state index contributed by atoms with van der Waals surface area (Å²) in [6.45, 7) is 4.62. The molecule has 86 valence electrons. The van der Waals surface area contributed by atoms with Gasteiger partial charge in [-0.1, -0.05) is 5.16 Å². The van der Waals surface area contributed by atoms with Crippen molar-refractivity contribution in [3.05, 3.63) is 36.2 Å². The number of aryl methyl sites for hydroxylation is 2. The fourth-order valence-electron chi connectivity index (χ4n) is 1.52. The van der Waals surface area contributed by atoms with E-state index in [-0.39, 0.29) is 0 Å². The molecule has 0 saturated carbocycles. The monoisotopic (exact) mass is 220 g/mol. The molecule has 5 heteroatoms. The molecule has 0 radical (unpaired) electrons. The molecule has 0 aliphatic rings. The van der Waals surface area contributed by atoms with Crippen molar-refractivity contribution in [3.8, 4) is 0 Å². The lowest BCUT2D eigenvalue weighted by Crippen LogP contribution is -2.16. The summed E-state index contributed by atoms with van der Waals surface area (Å²) in [6, 6.07) is 1.95. The van der Waals surface area contributed by atoms with Crippen molar-refractivity contribution < 1.29 is 4.52 Å². The summed E-state index contributed by atoms with van der Waals surface area (Å²) in [5, 5.41) is 7.23. The number of nitrogens with one attached hydrogen (secondary N) is 1. The van der Waals surface area contributed by atoms with Gasteiger partial charge in [-0.3, -0.25) is 0 Å². The molecule has 2 aromatic heterocycles. The quantitative estimate of drug-likeness (QED) is 0.747. The standard InChI is InChI=1S/C11H16N4O/c1-10-7-11(14-16-10)8-12-3-2-5-15-6-4-13-9-15/h4,6-7,9,12H,2-3,5,8H2,1H3. The predicted octanol–water partition coefficient (Wildman–Crippen LogP) is 1.36. The van der Waals surface area contributed by atoms with Crippen LogP contribution in [0.2, 0.25) is 0 Å². The summed E-state index contributed by atoms with van der Waals surface area (Å²) in [5.41, 5.74) is 0.958. The molecule has 2 rings (SSSR count). The van der Waals surface area contributed by atoms with Gasteiger partial charge in [0.15, 0.2) is 0 Å². The zero-order valence-electron chi connectivity index (χ0n) is 9.39. The average Bonchev–Trinajstić information content (AvgIpc) is 2.89. The van der Waals surface area contributed by atoms with Crippen LogP contribution in [0.5, 0.6) is 0 Å². The summed E-state index contributed by atoms with van der Waals surface area (Å²) in [5.74, 6) is 0.857. The number of nitrogens with zero attached hydrogens (tertiary/aromatic N) is 3. The molecule has 0 unspecified atom stereocenters. The van der Waals surface area contributed by atoms with E-state index in [0.29, 0.717) is 0 Å². The van der Waals surface area contributed by atoms with Crippen molar-refractivity contribution in [2.45, 2.75) is 26.4 Å². The Morgan fingerprint density at radius 1 is 1.50 bits per heavy atom. The first-order chi connectivity index (χ1) is 7.84. The molecule has 5 nitrogen and oxygen atoms in total. The SMILES string of the molecule is Cc1cc(CNCCCn2ccnc2)no1. The fourth-order valence-corrected chi connectivity index (χ4v) is 1.52. The number of aromatic nitrogens is 3. The van der Waals surface area contributed by atoms with Crippen LogP contribution < -0.4 is 5.32 Å². The van der Waals surface area contributed by atoms with E-state index in [1.165, 1.54) is 0 Å². The second-order valence-corrected chi connectivity index (χ2v) is 3.76. The molecule has 0 atom stereocenters. The van der Waals surface area contributed by atoms with Gasteiger partial charge in [-0.2, -0.15) is 0 Å². The van der Waals surface area contributed by atoms with E-state index in [9.17, 15) is 0 Å². The molecule has 0 spiro atoms. The molecule has 0 saturated heterocycles.